The minimum atomic E-state index is -0.252. The molecular weight excluding hydrogens is 290 g/mol. The molecule has 1 aromatic carbocycles. The maximum absolute atomic E-state index is 12.0. The Labute approximate surface area is 124 Å². The lowest BCUT2D eigenvalue weighted by molar-refractivity contribution is -0.116. The number of hydrogen-bond acceptors (Lipinski definition) is 5. The average Bonchev–Trinajstić information content (AvgIpc) is 2.94. The third-order valence-electron chi connectivity index (χ3n) is 3.06. The number of aryl methyl sites for hydroxylation is 2. The quantitative estimate of drug-likeness (QED) is 0.805. The number of hydrogen-bond donors (Lipinski definition) is 1. The third kappa shape index (κ3) is 2.73. The molecule has 0 fully saturated rings. The van der Waals surface area contributed by atoms with E-state index in [-0.39, 0.29) is 17.3 Å². The van der Waals surface area contributed by atoms with Crippen LogP contribution in [-0.2, 0) is 11.3 Å². The molecule has 0 atom stereocenters. The second-order valence-electron chi connectivity index (χ2n) is 4.69. The first-order valence-corrected chi connectivity index (χ1v) is 7.23. The van der Waals surface area contributed by atoms with E-state index in [1.54, 1.807) is 37.4 Å². The van der Waals surface area contributed by atoms with Gasteiger partial charge in [-0.3, -0.25) is 14.2 Å². The molecule has 6 nitrogen and oxygen atoms in total. The van der Waals surface area contributed by atoms with Gasteiger partial charge < -0.3 is 9.73 Å². The zero-order chi connectivity index (χ0) is 15.0. The predicted octanol–water partition coefficient (Wildman–Crippen LogP) is 2.31. The van der Waals surface area contributed by atoms with E-state index in [0.717, 1.165) is 17.0 Å². The second-order valence-corrected chi connectivity index (χ2v) is 5.51. The summed E-state index contributed by atoms with van der Waals surface area (Å²) in [6.45, 7) is 3.57. The van der Waals surface area contributed by atoms with E-state index in [1.807, 2.05) is 0 Å². The smallest absolute Gasteiger partial charge is 0.307 e. The molecule has 3 aromatic rings. The monoisotopic (exact) mass is 303 g/mol. The zero-order valence-corrected chi connectivity index (χ0v) is 12.4. The van der Waals surface area contributed by atoms with E-state index >= 15 is 0 Å². The number of thiazole rings is 1. The topological polar surface area (TPSA) is 77.1 Å². The summed E-state index contributed by atoms with van der Waals surface area (Å²) < 4.78 is 6.82. The van der Waals surface area contributed by atoms with Crippen LogP contribution in [0.3, 0.4) is 0 Å². The summed E-state index contributed by atoms with van der Waals surface area (Å²) in [6.07, 6.45) is 0. The summed E-state index contributed by atoms with van der Waals surface area (Å²) in [4.78, 5) is 27.7. The molecule has 1 amide bonds. The number of carbonyl (C=O) groups is 1. The van der Waals surface area contributed by atoms with E-state index in [2.05, 4.69) is 10.3 Å². The summed E-state index contributed by atoms with van der Waals surface area (Å²) in [5.74, 6) is 0.326. The van der Waals surface area contributed by atoms with Crippen LogP contribution in [0.4, 0.5) is 5.69 Å². The number of oxazole rings is 1. The van der Waals surface area contributed by atoms with Crippen molar-refractivity contribution in [2.75, 3.05) is 5.32 Å². The Hall–Kier alpha value is -2.41. The summed E-state index contributed by atoms with van der Waals surface area (Å²) in [5, 5.41) is 4.50. The van der Waals surface area contributed by atoms with Crippen LogP contribution in [0.25, 0.3) is 11.1 Å². The molecule has 0 aliphatic heterocycles. The fourth-order valence-corrected chi connectivity index (χ4v) is 2.80. The van der Waals surface area contributed by atoms with Crippen molar-refractivity contribution in [3.63, 3.8) is 0 Å². The van der Waals surface area contributed by atoms with E-state index in [4.69, 9.17) is 4.42 Å². The van der Waals surface area contributed by atoms with Gasteiger partial charge >= 0.3 is 4.87 Å². The van der Waals surface area contributed by atoms with Crippen molar-refractivity contribution in [2.24, 2.45) is 0 Å². The molecule has 0 aliphatic rings. The SMILES string of the molecule is Cc1nc2cc(NC(=O)Cn3c(C)csc3=O)ccc2o1. The fraction of sp³-hybridized carbons (Fsp3) is 0.214. The Morgan fingerprint density at radius 3 is 2.95 bits per heavy atom. The fourth-order valence-electron chi connectivity index (χ4n) is 2.06. The minimum Gasteiger partial charge on any atom is -0.441 e. The molecule has 2 heterocycles. The molecule has 7 heteroatoms. The van der Waals surface area contributed by atoms with Crippen LogP contribution in [0.1, 0.15) is 11.6 Å². The van der Waals surface area contributed by atoms with Gasteiger partial charge in [-0.05, 0) is 25.1 Å². The molecule has 0 saturated heterocycles. The molecular formula is C14H13N3O3S. The summed E-state index contributed by atoms with van der Waals surface area (Å²) in [5.41, 5.74) is 2.77. The standard InChI is InChI=1S/C14H13N3O3S/c1-8-7-21-14(19)17(8)6-13(18)16-10-3-4-12-11(5-10)15-9(2)20-12/h3-5,7H,6H2,1-2H3,(H,16,18). The Morgan fingerprint density at radius 1 is 1.43 bits per heavy atom. The number of benzene rings is 1. The number of aromatic nitrogens is 2. The lowest BCUT2D eigenvalue weighted by Gasteiger charge is -2.06. The van der Waals surface area contributed by atoms with Gasteiger partial charge in [0.2, 0.25) is 5.91 Å². The molecule has 3 rings (SSSR count). The Bertz CT molecular complexity index is 875. The van der Waals surface area contributed by atoms with Crippen LogP contribution in [0.15, 0.2) is 32.8 Å². The highest BCUT2D eigenvalue weighted by molar-refractivity contribution is 7.07. The lowest BCUT2D eigenvalue weighted by atomic mass is 10.3. The predicted molar refractivity (Wildman–Crippen MR) is 80.7 cm³/mol. The van der Waals surface area contributed by atoms with Crippen molar-refractivity contribution in [3.8, 4) is 0 Å². The van der Waals surface area contributed by atoms with Crippen molar-refractivity contribution in [3.05, 3.63) is 44.8 Å². The molecule has 0 unspecified atom stereocenters. The molecule has 21 heavy (non-hydrogen) atoms. The summed E-state index contributed by atoms with van der Waals surface area (Å²) in [7, 11) is 0. The average molecular weight is 303 g/mol. The van der Waals surface area contributed by atoms with Crippen molar-refractivity contribution in [1.82, 2.24) is 9.55 Å². The molecule has 0 spiro atoms. The van der Waals surface area contributed by atoms with E-state index in [9.17, 15) is 9.59 Å². The van der Waals surface area contributed by atoms with Gasteiger partial charge in [0.25, 0.3) is 0 Å². The first-order valence-electron chi connectivity index (χ1n) is 6.35. The van der Waals surface area contributed by atoms with Gasteiger partial charge in [0.15, 0.2) is 11.5 Å². The highest BCUT2D eigenvalue weighted by atomic mass is 32.1. The Morgan fingerprint density at radius 2 is 2.24 bits per heavy atom. The van der Waals surface area contributed by atoms with Crippen LogP contribution in [0.2, 0.25) is 0 Å². The van der Waals surface area contributed by atoms with Gasteiger partial charge in [0.1, 0.15) is 12.1 Å². The normalized spacial score (nSPS) is 11.0. The highest BCUT2D eigenvalue weighted by Crippen LogP contribution is 2.19. The van der Waals surface area contributed by atoms with Gasteiger partial charge in [-0.2, -0.15) is 0 Å². The number of carbonyl (C=O) groups excluding carboxylic acids is 1. The highest BCUT2D eigenvalue weighted by Gasteiger charge is 2.10. The maximum Gasteiger partial charge on any atom is 0.307 e. The van der Waals surface area contributed by atoms with Crippen molar-refractivity contribution in [2.45, 2.75) is 20.4 Å². The molecule has 2 aromatic heterocycles. The number of fused-ring (bicyclic) bond motifs is 1. The number of nitrogens with one attached hydrogen (secondary N) is 1. The van der Waals surface area contributed by atoms with E-state index in [1.165, 1.54) is 4.57 Å². The number of nitrogens with zero attached hydrogens (tertiary/aromatic N) is 2. The van der Waals surface area contributed by atoms with Gasteiger partial charge in [0, 0.05) is 23.7 Å². The van der Waals surface area contributed by atoms with Gasteiger partial charge in [0.05, 0.1) is 0 Å². The second kappa shape index (κ2) is 5.17. The summed E-state index contributed by atoms with van der Waals surface area (Å²) >= 11 is 1.09. The minimum absolute atomic E-state index is 0.00401. The third-order valence-corrected chi connectivity index (χ3v) is 3.94. The van der Waals surface area contributed by atoms with Gasteiger partial charge in [-0.15, -0.1) is 0 Å². The first kappa shape index (κ1) is 13.6. The molecule has 0 aliphatic carbocycles. The van der Waals surface area contributed by atoms with Crippen molar-refractivity contribution in [1.29, 1.82) is 0 Å². The Kier molecular flexibility index (Phi) is 3.34. The molecule has 1 N–H and O–H groups in total. The van der Waals surface area contributed by atoms with Crippen LogP contribution >= 0.6 is 11.3 Å². The first-order chi connectivity index (χ1) is 10.0. The largest absolute Gasteiger partial charge is 0.441 e. The summed E-state index contributed by atoms with van der Waals surface area (Å²) in [6, 6.07) is 5.24. The van der Waals surface area contributed by atoms with Gasteiger partial charge in [-0.1, -0.05) is 11.3 Å². The van der Waals surface area contributed by atoms with E-state index < -0.39 is 0 Å². The molecule has 0 radical (unpaired) electrons. The maximum atomic E-state index is 12.0. The Balaban J connectivity index is 1.78. The van der Waals surface area contributed by atoms with Crippen LogP contribution < -0.4 is 10.2 Å². The molecule has 0 bridgehead atoms. The van der Waals surface area contributed by atoms with Crippen molar-refractivity contribution < 1.29 is 9.21 Å². The number of rotatable bonds is 3. The van der Waals surface area contributed by atoms with Crippen molar-refractivity contribution >= 4 is 34.0 Å². The lowest BCUT2D eigenvalue weighted by Crippen LogP contribution is -2.25. The molecule has 108 valence electrons. The van der Waals surface area contributed by atoms with Crippen LogP contribution in [0, 0.1) is 13.8 Å². The number of anilines is 1. The number of amides is 1. The zero-order valence-electron chi connectivity index (χ0n) is 11.5. The molecule has 0 saturated carbocycles. The van der Waals surface area contributed by atoms with Gasteiger partial charge in [-0.25, -0.2) is 4.98 Å². The van der Waals surface area contributed by atoms with E-state index in [0.29, 0.717) is 22.7 Å². The van der Waals surface area contributed by atoms with Crippen LogP contribution in [0.5, 0.6) is 0 Å². The van der Waals surface area contributed by atoms with Crippen LogP contribution in [-0.4, -0.2) is 15.5 Å².